The molecule has 2 nitrogen and oxygen atoms in total. The zero-order chi connectivity index (χ0) is 7.82. The molecule has 3 heteroatoms. The lowest BCUT2D eigenvalue weighted by atomic mass is 10.3. The maximum atomic E-state index is 9.14. The van der Waals surface area contributed by atoms with Crippen LogP contribution in [0.2, 0.25) is 0 Å². The van der Waals surface area contributed by atoms with Crippen LogP contribution in [0.15, 0.2) is 12.7 Å². The molecular formula is C7H15NOS. The lowest BCUT2D eigenvalue weighted by Gasteiger charge is -2.06. The first-order valence-corrected chi connectivity index (χ1v) is 4.53. The van der Waals surface area contributed by atoms with Crippen LogP contribution in [0.1, 0.15) is 6.42 Å². The van der Waals surface area contributed by atoms with Gasteiger partial charge in [0.2, 0.25) is 0 Å². The Morgan fingerprint density at radius 1 is 1.70 bits per heavy atom. The summed E-state index contributed by atoms with van der Waals surface area (Å²) in [5, 5.41) is 9.14. The van der Waals surface area contributed by atoms with E-state index in [0.717, 1.165) is 11.5 Å². The lowest BCUT2D eigenvalue weighted by molar-refractivity contribution is 0.192. The van der Waals surface area contributed by atoms with Crippen molar-refractivity contribution in [3.8, 4) is 0 Å². The SMILES string of the molecule is C=CCSCC(O)CCN. The minimum Gasteiger partial charge on any atom is -0.392 e. The summed E-state index contributed by atoms with van der Waals surface area (Å²) < 4.78 is 0. The highest BCUT2D eigenvalue weighted by atomic mass is 32.2. The van der Waals surface area contributed by atoms with E-state index in [2.05, 4.69) is 6.58 Å². The van der Waals surface area contributed by atoms with Crippen LogP contribution in [0.25, 0.3) is 0 Å². The van der Waals surface area contributed by atoms with Gasteiger partial charge in [0.15, 0.2) is 0 Å². The van der Waals surface area contributed by atoms with E-state index in [1.54, 1.807) is 11.8 Å². The first-order chi connectivity index (χ1) is 4.81. The van der Waals surface area contributed by atoms with Crippen molar-refractivity contribution in [2.45, 2.75) is 12.5 Å². The Labute approximate surface area is 66.5 Å². The summed E-state index contributed by atoms with van der Waals surface area (Å²) in [6.07, 6.45) is 2.29. The van der Waals surface area contributed by atoms with Crippen LogP contribution in [0, 0.1) is 0 Å². The summed E-state index contributed by atoms with van der Waals surface area (Å²) in [7, 11) is 0. The highest BCUT2D eigenvalue weighted by Gasteiger charge is 2.00. The molecule has 0 aliphatic rings. The van der Waals surface area contributed by atoms with E-state index in [4.69, 9.17) is 10.8 Å². The topological polar surface area (TPSA) is 46.2 Å². The van der Waals surface area contributed by atoms with Gasteiger partial charge in [-0.25, -0.2) is 0 Å². The standard InChI is InChI=1S/C7H15NOS/c1-2-5-10-6-7(9)3-4-8/h2,7,9H,1,3-6,8H2. The average Bonchev–Trinajstić information content (AvgIpc) is 1.89. The Kier molecular flexibility index (Phi) is 7.13. The van der Waals surface area contributed by atoms with Gasteiger partial charge in [0, 0.05) is 11.5 Å². The third-order valence-corrected chi connectivity index (χ3v) is 2.14. The number of aliphatic hydroxyl groups excluding tert-OH is 1. The molecule has 3 N–H and O–H groups in total. The number of hydrogen-bond acceptors (Lipinski definition) is 3. The fourth-order valence-electron chi connectivity index (χ4n) is 0.563. The quantitative estimate of drug-likeness (QED) is 0.443. The third kappa shape index (κ3) is 6.13. The molecule has 0 fully saturated rings. The van der Waals surface area contributed by atoms with Crippen LogP contribution >= 0.6 is 11.8 Å². The predicted molar refractivity (Wildman–Crippen MR) is 47.2 cm³/mol. The minimum absolute atomic E-state index is 0.241. The van der Waals surface area contributed by atoms with Gasteiger partial charge in [-0.3, -0.25) is 0 Å². The van der Waals surface area contributed by atoms with Gasteiger partial charge in [-0.2, -0.15) is 11.8 Å². The van der Waals surface area contributed by atoms with Crippen LogP contribution in [0.3, 0.4) is 0 Å². The van der Waals surface area contributed by atoms with Gasteiger partial charge < -0.3 is 10.8 Å². The normalized spacial score (nSPS) is 13.0. The Morgan fingerprint density at radius 3 is 2.90 bits per heavy atom. The molecule has 0 saturated heterocycles. The minimum atomic E-state index is -0.241. The molecular weight excluding hydrogens is 146 g/mol. The summed E-state index contributed by atoms with van der Waals surface area (Å²) in [4.78, 5) is 0. The third-order valence-electron chi connectivity index (χ3n) is 1.05. The first-order valence-electron chi connectivity index (χ1n) is 3.38. The molecule has 0 bridgehead atoms. The maximum Gasteiger partial charge on any atom is 0.0642 e. The van der Waals surface area contributed by atoms with Gasteiger partial charge in [0.25, 0.3) is 0 Å². The highest BCUT2D eigenvalue weighted by molar-refractivity contribution is 7.99. The molecule has 0 aromatic carbocycles. The van der Waals surface area contributed by atoms with Crippen molar-refractivity contribution in [3.05, 3.63) is 12.7 Å². The van der Waals surface area contributed by atoms with Crippen LogP contribution in [0.4, 0.5) is 0 Å². The number of thioether (sulfide) groups is 1. The summed E-state index contributed by atoms with van der Waals surface area (Å²) in [5.74, 6) is 1.67. The molecule has 1 atom stereocenters. The van der Waals surface area contributed by atoms with Crippen molar-refractivity contribution in [2.75, 3.05) is 18.1 Å². The maximum absolute atomic E-state index is 9.14. The zero-order valence-electron chi connectivity index (χ0n) is 6.12. The van der Waals surface area contributed by atoms with Crippen LogP contribution in [-0.2, 0) is 0 Å². The molecule has 1 unspecified atom stereocenters. The number of nitrogens with two attached hydrogens (primary N) is 1. The second-order valence-corrected chi connectivity index (χ2v) is 3.13. The van der Waals surface area contributed by atoms with Gasteiger partial charge in [-0.1, -0.05) is 6.08 Å². The Balaban J connectivity index is 3.04. The molecule has 0 spiro atoms. The number of aliphatic hydroxyl groups is 1. The van der Waals surface area contributed by atoms with Crippen molar-refractivity contribution in [1.82, 2.24) is 0 Å². The average molecular weight is 161 g/mol. The first kappa shape index (κ1) is 10.0. The predicted octanol–water partition coefficient (Wildman–Crippen LogP) is 0.615. The Morgan fingerprint density at radius 2 is 2.40 bits per heavy atom. The van der Waals surface area contributed by atoms with Gasteiger partial charge in [0.05, 0.1) is 6.10 Å². The van der Waals surface area contributed by atoms with Gasteiger partial charge in [-0.15, -0.1) is 6.58 Å². The molecule has 0 radical (unpaired) electrons. The van der Waals surface area contributed by atoms with Crippen molar-refractivity contribution >= 4 is 11.8 Å². The van der Waals surface area contributed by atoms with Crippen LogP contribution < -0.4 is 5.73 Å². The highest BCUT2D eigenvalue weighted by Crippen LogP contribution is 2.04. The second-order valence-electron chi connectivity index (χ2n) is 2.06. The van der Waals surface area contributed by atoms with Crippen molar-refractivity contribution in [3.63, 3.8) is 0 Å². The number of hydrogen-bond donors (Lipinski definition) is 2. The van der Waals surface area contributed by atoms with E-state index in [1.807, 2.05) is 6.08 Å². The van der Waals surface area contributed by atoms with Crippen molar-refractivity contribution in [2.24, 2.45) is 5.73 Å². The zero-order valence-corrected chi connectivity index (χ0v) is 6.94. The summed E-state index contributed by atoms with van der Waals surface area (Å²) >= 11 is 1.68. The number of rotatable bonds is 6. The molecule has 0 rings (SSSR count). The summed E-state index contributed by atoms with van der Waals surface area (Å²) in [5.41, 5.74) is 5.24. The van der Waals surface area contributed by atoms with Gasteiger partial charge >= 0.3 is 0 Å². The van der Waals surface area contributed by atoms with E-state index in [-0.39, 0.29) is 6.10 Å². The van der Waals surface area contributed by atoms with E-state index < -0.39 is 0 Å². The molecule has 0 saturated carbocycles. The largest absolute Gasteiger partial charge is 0.392 e. The molecule has 0 aromatic rings. The fourth-order valence-corrected chi connectivity index (χ4v) is 1.30. The summed E-state index contributed by atoms with van der Waals surface area (Å²) in [6, 6.07) is 0. The van der Waals surface area contributed by atoms with Gasteiger partial charge in [0.1, 0.15) is 0 Å². The molecule has 0 aromatic heterocycles. The van der Waals surface area contributed by atoms with Crippen molar-refractivity contribution < 1.29 is 5.11 Å². The Hall–Kier alpha value is 0.01000. The fraction of sp³-hybridized carbons (Fsp3) is 0.714. The second kappa shape index (κ2) is 7.12. The van der Waals surface area contributed by atoms with Crippen molar-refractivity contribution in [1.29, 1.82) is 0 Å². The van der Waals surface area contributed by atoms with Crippen LogP contribution in [-0.4, -0.2) is 29.3 Å². The molecule has 60 valence electrons. The van der Waals surface area contributed by atoms with E-state index in [1.165, 1.54) is 0 Å². The van der Waals surface area contributed by atoms with E-state index in [9.17, 15) is 0 Å². The molecule has 10 heavy (non-hydrogen) atoms. The molecule has 0 amide bonds. The molecule has 0 heterocycles. The molecule has 0 aliphatic heterocycles. The monoisotopic (exact) mass is 161 g/mol. The van der Waals surface area contributed by atoms with Crippen LogP contribution in [0.5, 0.6) is 0 Å². The summed E-state index contributed by atoms with van der Waals surface area (Å²) in [6.45, 7) is 4.14. The van der Waals surface area contributed by atoms with Gasteiger partial charge in [-0.05, 0) is 13.0 Å². The van der Waals surface area contributed by atoms with E-state index >= 15 is 0 Å². The molecule has 0 aliphatic carbocycles. The van der Waals surface area contributed by atoms with E-state index in [0.29, 0.717) is 13.0 Å². The smallest absolute Gasteiger partial charge is 0.0642 e. The lowest BCUT2D eigenvalue weighted by Crippen LogP contribution is -2.15. The Bertz CT molecular complexity index is 87.7.